The number of benzene rings is 1. The van der Waals surface area contributed by atoms with Crippen molar-refractivity contribution < 1.29 is 4.39 Å². The lowest BCUT2D eigenvalue weighted by atomic mass is 10.0. The summed E-state index contributed by atoms with van der Waals surface area (Å²) < 4.78 is 13.4. The van der Waals surface area contributed by atoms with E-state index in [4.69, 9.17) is 0 Å². The zero-order chi connectivity index (χ0) is 13.1. The van der Waals surface area contributed by atoms with Crippen LogP contribution in [0.5, 0.6) is 0 Å². The molecule has 2 heterocycles. The van der Waals surface area contributed by atoms with Gasteiger partial charge in [-0.1, -0.05) is 12.1 Å². The van der Waals surface area contributed by atoms with E-state index in [0.717, 1.165) is 37.4 Å². The SMILES string of the molecule is Fc1cccc(C2CNCCN2Cc2cscn2)c1. The number of piperazine rings is 1. The number of halogens is 1. The Labute approximate surface area is 116 Å². The minimum atomic E-state index is -0.170. The second kappa shape index (κ2) is 5.77. The highest BCUT2D eigenvalue weighted by molar-refractivity contribution is 7.07. The molecule has 1 aromatic carbocycles. The molecule has 0 saturated carbocycles. The third-order valence-electron chi connectivity index (χ3n) is 3.44. The molecule has 3 nitrogen and oxygen atoms in total. The van der Waals surface area contributed by atoms with Crippen molar-refractivity contribution in [3.63, 3.8) is 0 Å². The topological polar surface area (TPSA) is 28.2 Å². The molecule has 1 fully saturated rings. The molecule has 1 unspecified atom stereocenters. The first-order valence-electron chi connectivity index (χ1n) is 6.40. The molecule has 1 N–H and O–H groups in total. The second-order valence-electron chi connectivity index (χ2n) is 4.73. The average molecular weight is 277 g/mol. The number of hydrogen-bond acceptors (Lipinski definition) is 4. The van der Waals surface area contributed by atoms with Gasteiger partial charge in [-0.15, -0.1) is 11.3 Å². The van der Waals surface area contributed by atoms with E-state index >= 15 is 0 Å². The highest BCUT2D eigenvalue weighted by Gasteiger charge is 2.24. The molecule has 1 aromatic heterocycles. The van der Waals surface area contributed by atoms with E-state index in [1.807, 2.05) is 11.6 Å². The van der Waals surface area contributed by atoms with Crippen LogP contribution < -0.4 is 5.32 Å². The van der Waals surface area contributed by atoms with Crippen molar-refractivity contribution in [3.05, 3.63) is 52.2 Å². The Morgan fingerprint density at radius 2 is 2.42 bits per heavy atom. The quantitative estimate of drug-likeness (QED) is 0.934. The number of thiazole rings is 1. The maximum atomic E-state index is 13.4. The van der Waals surface area contributed by atoms with Crippen molar-refractivity contribution in [2.24, 2.45) is 0 Å². The molecule has 3 rings (SSSR count). The molecule has 1 aliphatic rings. The van der Waals surface area contributed by atoms with E-state index in [0.29, 0.717) is 0 Å². The maximum Gasteiger partial charge on any atom is 0.123 e. The lowest BCUT2D eigenvalue weighted by Gasteiger charge is -2.36. The fourth-order valence-corrected chi connectivity index (χ4v) is 3.05. The van der Waals surface area contributed by atoms with Gasteiger partial charge in [-0.25, -0.2) is 9.37 Å². The molecule has 5 heteroatoms. The maximum absolute atomic E-state index is 13.4. The van der Waals surface area contributed by atoms with Gasteiger partial charge in [0.15, 0.2) is 0 Å². The fourth-order valence-electron chi connectivity index (χ4n) is 2.50. The molecule has 0 radical (unpaired) electrons. The first-order valence-corrected chi connectivity index (χ1v) is 7.34. The van der Waals surface area contributed by atoms with Crippen molar-refractivity contribution in [2.45, 2.75) is 12.6 Å². The highest BCUT2D eigenvalue weighted by atomic mass is 32.1. The number of rotatable bonds is 3. The van der Waals surface area contributed by atoms with Gasteiger partial charge in [-0.05, 0) is 17.7 Å². The summed E-state index contributed by atoms with van der Waals surface area (Å²) in [6.45, 7) is 3.61. The van der Waals surface area contributed by atoms with Gasteiger partial charge in [0.1, 0.15) is 5.82 Å². The minimum absolute atomic E-state index is 0.170. The summed E-state index contributed by atoms with van der Waals surface area (Å²) in [5, 5.41) is 5.45. The van der Waals surface area contributed by atoms with Gasteiger partial charge in [-0.3, -0.25) is 4.90 Å². The summed E-state index contributed by atoms with van der Waals surface area (Å²) >= 11 is 1.61. The largest absolute Gasteiger partial charge is 0.314 e. The summed E-state index contributed by atoms with van der Waals surface area (Å²) in [5.41, 5.74) is 3.98. The highest BCUT2D eigenvalue weighted by Crippen LogP contribution is 2.24. The van der Waals surface area contributed by atoms with Gasteiger partial charge in [0, 0.05) is 37.6 Å². The molecule has 1 saturated heterocycles. The standard InChI is InChI=1S/C14H16FN3S/c15-12-3-1-2-11(6-12)14-7-16-4-5-18(14)8-13-9-19-10-17-13/h1-3,6,9-10,14,16H,4-5,7-8H2. The van der Waals surface area contributed by atoms with Gasteiger partial charge in [0.05, 0.1) is 11.2 Å². The van der Waals surface area contributed by atoms with Crippen molar-refractivity contribution in [2.75, 3.05) is 19.6 Å². The minimum Gasteiger partial charge on any atom is -0.314 e. The van der Waals surface area contributed by atoms with Crippen LogP contribution in [-0.2, 0) is 6.54 Å². The van der Waals surface area contributed by atoms with Crippen molar-refractivity contribution >= 4 is 11.3 Å². The Morgan fingerprint density at radius 3 is 3.21 bits per heavy atom. The number of nitrogens with one attached hydrogen (secondary N) is 1. The second-order valence-corrected chi connectivity index (χ2v) is 5.44. The zero-order valence-corrected chi connectivity index (χ0v) is 11.4. The molecular weight excluding hydrogens is 261 g/mol. The van der Waals surface area contributed by atoms with Crippen LogP contribution in [-0.4, -0.2) is 29.5 Å². The Balaban J connectivity index is 1.80. The lowest BCUT2D eigenvalue weighted by Crippen LogP contribution is -2.45. The van der Waals surface area contributed by atoms with Crippen LogP contribution in [0.1, 0.15) is 17.3 Å². The van der Waals surface area contributed by atoms with Gasteiger partial charge >= 0.3 is 0 Å². The molecule has 100 valence electrons. The van der Waals surface area contributed by atoms with Crippen molar-refractivity contribution in [1.82, 2.24) is 15.2 Å². The van der Waals surface area contributed by atoms with E-state index in [-0.39, 0.29) is 11.9 Å². The van der Waals surface area contributed by atoms with E-state index in [2.05, 4.69) is 20.6 Å². The molecular formula is C14H16FN3S. The van der Waals surface area contributed by atoms with E-state index < -0.39 is 0 Å². The van der Waals surface area contributed by atoms with Gasteiger partial charge in [-0.2, -0.15) is 0 Å². The summed E-state index contributed by atoms with van der Waals surface area (Å²) in [5.74, 6) is -0.170. The number of hydrogen-bond donors (Lipinski definition) is 1. The predicted octanol–water partition coefficient (Wildman–Crippen LogP) is 2.43. The molecule has 0 amide bonds. The average Bonchev–Trinajstić information content (AvgIpc) is 2.92. The Kier molecular flexibility index (Phi) is 3.87. The first kappa shape index (κ1) is 12.7. The molecule has 19 heavy (non-hydrogen) atoms. The van der Waals surface area contributed by atoms with Crippen LogP contribution in [0.2, 0.25) is 0 Å². The Morgan fingerprint density at radius 1 is 1.47 bits per heavy atom. The monoisotopic (exact) mass is 277 g/mol. The van der Waals surface area contributed by atoms with Crippen LogP contribution in [0, 0.1) is 5.82 Å². The molecule has 0 spiro atoms. The lowest BCUT2D eigenvalue weighted by molar-refractivity contribution is 0.152. The van der Waals surface area contributed by atoms with Gasteiger partial charge in [0.2, 0.25) is 0 Å². The Hall–Kier alpha value is -1.30. The van der Waals surface area contributed by atoms with E-state index in [1.165, 1.54) is 6.07 Å². The third-order valence-corrected chi connectivity index (χ3v) is 4.07. The van der Waals surface area contributed by atoms with Gasteiger partial charge in [0.25, 0.3) is 0 Å². The molecule has 1 aliphatic heterocycles. The van der Waals surface area contributed by atoms with Crippen molar-refractivity contribution in [1.29, 1.82) is 0 Å². The molecule has 0 bridgehead atoms. The van der Waals surface area contributed by atoms with Gasteiger partial charge < -0.3 is 5.32 Å². The number of nitrogens with zero attached hydrogens (tertiary/aromatic N) is 2. The van der Waals surface area contributed by atoms with Crippen LogP contribution in [0.15, 0.2) is 35.2 Å². The van der Waals surface area contributed by atoms with Crippen LogP contribution in [0.4, 0.5) is 4.39 Å². The van der Waals surface area contributed by atoms with E-state index in [1.54, 1.807) is 23.5 Å². The van der Waals surface area contributed by atoms with Crippen LogP contribution in [0.3, 0.4) is 0 Å². The van der Waals surface area contributed by atoms with Crippen LogP contribution >= 0.6 is 11.3 Å². The van der Waals surface area contributed by atoms with Crippen LogP contribution in [0.25, 0.3) is 0 Å². The van der Waals surface area contributed by atoms with E-state index in [9.17, 15) is 4.39 Å². The normalized spacial score (nSPS) is 20.6. The zero-order valence-electron chi connectivity index (χ0n) is 10.6. The predicted molar refractivity (Wildman–Crippen MR) is 74.5 cm³/mol. The summed E-state index contributed by atoms with van der Waals surface area (Å²) in [7, 11) is 0. The molecule has 1 atom stereocenters. The smallest absolute Gasteiger partial charge is 0.123 e. The first-order chi connectivity index (χ1) is 9.33. The summed E-state index contributed by atoms with van der Waals surface area (Å²) in [6, 6.07) is 7.11. The summed E-state index contributed by atoms with van der Waals surface area (Å²) in [4.78, 5) is 6.70. The fraction of sp³-hybridized carbons (Fsp3) is 0.357. The van der Waals surface area contributed by atoms with Crippen molar-refractivity contribution in [3.8, 4) is 0 Å². The molecule has 0 aliphatic carbocycles. The Bertz CT molecular complexity index is 529. The summed E-state index contributed by atoms with van der Waals surface area (Å²) in [6.07, 6.45) is 0. The third kappa shape index (κ3) is 3.00. The molecule has 2 aromatic rings. The number of aromatic nitrogens is 1.